The summed E-state index contributed by atoms with van der Waals surface area (Å²) in [5.74, 6) is -0.0169. The number of carbonyl (C=O) groups is 1. The van der Waals surface area contributed by atoms with Crippen LogP contribution in [0.4, 0.5) is 4.39 Å². The fourth-order valence-electron chi connectivity index (χ4n) is 2.08. The van der Waals surface area contributed by atoms with Crippen LogP contribution in [0.3, 0.4) is 0 Å². The van der Waals surface area contributed by atoms with Crippen LogP contribution in [-0.4, -0.2) is 22.6 Å². The molecule has 7 heteroatoms. The molecule has 1 aromatic heterocycles. The molecule has 0 unspecified atom stereocenters. The van der Waals surface area contributed by atoms with E-state index >= 15 is 0 Å². The topological polar surface area (TPSA) is 68.0 Å². The van der Waals surface area contributed by atoms with Gasteiger partial charge < -0.3 is 9.73 Å². The van der Waals surface area contributed by atoms with Crippen LogP contribution in [0.25, 0.3) is 11.5 Å². The second-order valence-electron chi connectivity index (χ2n) is 5.02. The Kier molecular flexibility index (Phi) is 4.86. The second-order valence-corrected chi connectivity index (χ2v) is 5.46. The van der Waals surface area contributed by atoms with E-state index in [1.807, 2.05) is 0 Å². The van der Waals surface area contributed by atoms with E-state index in [0.717, 1.165) is 5.56 Å². The first-order valence-corrected chi connectivity index (χ1v) is 7.62. The fourth-order valence-corrected chi connectivity index (χ4v) is 2.20. The Balaban J connectivity index is 1.56. The van der Waals surface area contributed by atoms with E-state index in [0.29, 0.717) is 29.8 Å². The first-order chi connectivity index (χ1) is 11.6. The van der Waals surface area contributed by atoms with E-state index in [1.54, 1.807) is 30.3 Å². The SMILES string of the molecule is O=C(NCCc1nnc(-c2ccc(Cl)cc2)o1)c1cccc(F)c1. The van der Waals surface area contributed by atoms with Crippen molar-refractivity contribution in [2.75, 3.05) is 6.54 Å². The number of hydrogen-bond acceptors (Lipinski definition) is 4. The van der Waals surface area contributed by atoms with Crippen LogP contribution >= 0.6 is 11.6 Å². The first-order valence-electron chi connectivity index (χ1n) is 7.24. The predicted molar refractivity (Wildman–Crippen MR) is 87.2 cm³/mol. The zero-order chi connectivity index (χ0) is 16.9. The highest BCUT2D eigenvalue weighted by atomic mass is 35.5. The minimum absolute atomic E-state index is 0.266. The molecule has 0 radical (unpaired) electrons. The van der Waals surface area contributed by atoms with Crippen molar-refractivity contribution in [1.29, 1.82) is 0 Å². The standard InChI is InChI=1S/C17H13ClFN3O2/c18-13-6-4-11(5-7-13)17-22-21-15(24-17)8-9-20-16(23)12-2-1-3-14(19)10-12/h1-7,10H,8-9H2,(H,20,23). The van der Waals surface area contributed by atoms with Crippen molar-refractivity contribution in [3.63, 3.8) is 0 Å². The molecule has 122 valence electrons. The highest BCUT2D eigenvalue weighted by Crippen LogP contribution is 2.20. The molecule has 3 rings (SSSR count). The summed E-state index contributed by atoms with van der Waals surface area (Å²) in [5.41, 5.74) is 1.03. The van der Waals surface area contributed by atoms with E-state index in [2.05, 4.69) is 15.5 Å². The van der Waals surface area contributed by atoms with Gasteiger partial charge in [0.05, 0.1) is 0 Å². The van der Waals surface area contributed by atoms with Crippen molar-refractivity contribution in [3.05, 3.63) is 70.8 Å². The molecule has 2 aromatic carbocycles. The molecule has 1 heterocycles. The van der Waals surface area contributed by atoms with Crippen LogP contribution in [0.1, 0.15) is 16.2 Å². The lowest BCUT2D eigenvalue weighted by Crippen LogP contribution is -2.25. The maximum Gasteiger partial charge on any atom is 0.251 e. The van der Waals surface area contributed by atoms with Crippen LogP contribution in [0, 0.1) is 5.82 Å². The normalized spacial score (nSPS) is 10.6. The minimum Gasteiger partial charge on any atom is -0.421 e. The molecule has 0 saturated heterocycles. The molecule has 3 aromatic rings. The van der Waals surface area contributed by atoms with E-state index in [4.69, 9.17) is 16.0 Å². The first kappa shape index (κ1) is 16.1. The minimum atomic E-state index is -0.452. The van der Waals surface area contributed by atoms with Gasteiger partial charge in [-0.1, -0.05) is 17.7 Å². The molecule has 0 aliphatic heterocycles. The molecule has 24 heavy (non-hydrogen) atoms. The van der Waals surface area contributed by atoms with E-state index < -0.39 is 5.82 Å². The van der Waals surface area contributed by atoms with E-state index in [9.17, 15) is 9.18 Å². The average Bonchev–Trinajstić information content (AvgIpc) is 3.04. The highest BCUT2D eigenvalue weighted by molar-refractivity contribution is 6.30. The quantitative estimate of drug-likeness (QED) is 0.768. The fraction of sp³-hybridized carbons (Fsp3) is 0.118. The Morgan fingerprint density at radius 3 is 2.71 bits per heavy atom. The maximum absolute atomic E-state index is 13.1. The maximum atomic E-state index is 13.1. The molecule has 1 N–H and O–H groups in total. The number of hydrogen-bond donors (Lipinski definition) is 1. The van der Waals surface area contributed by atoms with Gasteiger partial charge in [0, 0.05) is 29.1 Å². The summed E-state index contributed by atoms with van der Waals surface area (Å²) >= 11 is 5.83. The van der Waals surface area contributed by atoms with Gasteiger partial charge in [0.2, 0.25) is 11.8 Å². The van der Waals surface area contributed by atoms with Crippen molar-refractivity contribution in [2.24, 2.45) is 0 Å². The Labute approximate surface area is 142 Å². The molecule has 0 atom stereocenters. The van der Waals surface area contributed by atoms with Gasteiger partial charge in [-0.05, 0) is 42.5 Å². The smallest absolute Gasteiger partial charge is 0.251 e. The average molecular weight is 346 g/mol. The Morgan fingerprint density at radius 2 is 1.96 bits per heavy atom. The Hall–Kier alpha value is -2.73. The van der Waals surface area contributed by atoms with Crippen LogP contribution in [0.2, 0.25) is 5.02 Å². The van der Waals surface area contributed by atoms with Crippen LogP contribution in [0.5, 0.6) is 0 Å². The van der Waals surface area contributed by atoms with Crippen molar-refractivity contribution in [3.8, 4) is 11.5 Å². The van der Waals surface area contributed by atoms with Gasteiger partial charge in [-0.3, -0.25) is 4.79 Å². The third-order valence-electron chi connectivity index (χ3n) is 3.27. The lowest BCUT2D eigenvalue weighted by atomic mass is 10.2. The zero-order valence-electron chi connectivity index (χ0n) is 12.5. The Morgan fingerprint density at radius 1 is 1.17 bits per heavy atom. The van der Waals surface area contributed by atoms with Crippen LogP contribution in [0.15, 0.2) is 52.9 Å². The van der Waals surface area contributed by atoms with Crippen molar-refractivity contribution in [2.45, 2.75) is 6.42 Å². The zero-order valence-corrected chi connectivity index (χ0v) is 13.3. The monoisotopic (exact) mass is 345 g/mol. The van der Waals surface area contributed by atoms with Gasteiger partial charge in [0.15, 0.2) is 0 Å². The highest BCUT2D eigenvalue weighted by Gasteiger charge is 2.10. The summed E-state index contributed by atoms with van der Waals surface area (Å²) in [5, 5.41) is 11.2. The molecular weight excluding hydrogens is 333 g/mol. The van der Waals surface area contributed by atoms with Gasteiger partial charge in [-0.15, -0.1) is 10.2 Å². The molecule has 0 saturated carbocycles. The number of nitrogens with zero attached hydrogens (tertiary/aromatic N) is 2. The molecular formula is C17H13ClFN3O2. The van der Waals surface area contributed by atoms with Gasteiger partial charge in [-0.2, -0.15) is 0 Å². The summed E-state index contributed by atoms with van der Waals surface area (Å²) in [6.07, 6.45) is 0.377. The van der Waals surface area contributed by atoms with E-state index in [-0.39, 0.29) is 11.5 Å². The largest absolute Gasteiger partial charge is 0.421 e. The number of benzene rings is 2. The molecule has 5 nitrogen and oxygen atoms in total. The van der Waals surface area contributed by atoms with Crippen molar-refractivity contribution in [1.82, 2.24) is 15.5 Å². The number of aromatic nitrogens is 2. The molecule has 1 amide bonds. The second kappa shape index (κ2) is 7.23. The van der Waals surface area contributed by atoms with Crippen molar-refractivity contribution < 1.29 is 13.6 Å². The Bertz CT molecular complexity index is 849. The molecule has 0 spiro atoms. The number of rotatable bonds is 5. The summed E-state index contributed by atoms with van der Waals surface area (Å²) in [6.45, 7) is 0.303. The third-order valence-corrected chi connectivity index (χ3v) is 3.52. The summed E-state index contributed by atoms with van der Waals surface area (Å²) in [6, 6.07) is 12.5. The van der Waals surface area contributed by atoms with Gasteiger partial charge >= 0.3 is 0 Å². The van der Waals surface area contributed by atoms with Crippen LogP contribution in [-0.2, 0) is 6.42 Å². The number of amides is 1. The molecule has 0 aliphatic carbocycles. The van der Waals surface area contributed by atoms with Gasteiger partial charge in [0.25, 0.3) is 5.91 Å². The van der Waals surface area contributed by atoms with E-state index in [1.165, 1.54) is 18.2 Å². The summed E-state index contributed by atoms with van der Waals surface area (Å²) in [7, 11) is 0. The number of carbonyl (C=O) groups excluding carboxylic acids is 1. The van der Waals surface area contributed by atoms with Gasteiger partial charge in [0.1, 0.15) is 5.82 Å². The summed E-state index contributed by atoms with van der Waals surface area (Å²) in [4.78, 5) is 11.9. The van der Waals surface area contributed by atoms with Crippen LogP contribution < -0.4 is 5.32 Å². The third kappa shape index (κ3) is 3.97. The number of nitrogens with one attached hydrogen (secondary N) is 1. The molecule has 0 bridgehead atoms. The lowest BCUT2D eigenvalue weighted by molar-refractivity contribution is 0.0953. The van der Waals surface area contributed by atoms with Gasteiger partial charge in [-0.25, -0.2) is 4.39 Å². The lowest BCUT2D eigenvalue weighted by Gasteiger charge is -2.03. The van der Waals surface area contributed by atoms with Crippen molar-refractivity contribution >= 4 is 17.5 Å². The summed E-state index contributed by atoms with van der Waals surface area (Å²) < 4.78 is 18.6. The molecule has 0 aliphatic rings. The predicted octanol–water partition coefficient (Wildman–Crippen LogP) is 3.50. The number of halogens is 2. The molecule has 0 fully saturated rings.